The van der Waals surface area contributed by atoms with Crippen LogP contribution in [0.2, 0.25) is 0 Å². The summed E-state index contributed by atoms with van der Waals surface area (Å²) < 4.78 is 2.15. The Morgan fingerprint density at radius 2 is 1.89 bits per heavy atom. The smallest absolute Gasteiger partial charge is 0.236 e. The molecule has 3 aliphatic heterocycles. The second-order valence-corrected chi connectivity index (χ2v) is 8.26. The highest BCUT2D eigenvalue weighted by Crippen LogP contribution is 2.22. The molecule has 1 aromatic rings. The zero-order valence-electron chi connectivity index (χ0n) is 16.3. The van der Waals surface area contributed by atoms with Crippen molar-refractivity contribution in [1.29, 1.82) is 0 Å². The third-order valence-electron chi connectivity index (χ3n) is 6.46. The van der Waals surface area contributed by atoms with Crippen molar-refractivity contribution in [2.24, 2.45) is 5.92 Å². The third kappa shape index (κ3) is 4.03. The molecule has 2 atom stereocenters. The molecule has 7 nitrogen and oxygen atoms in total. The van der Waals surface area contributed by atoms with Crippen LogP contribution in [-0.2, 0) is 22.6 Å². The summed E-state index contributed by atoms with van der Waals surface area (Å²) in [6, 6.07) is 0.368. The molecule has 0 bridgehead atoms. The quantitative estimate of drug-likeness (QED) is 0.793. The highest BCUT2D eigenvalue weighted by molar-refractivity contribution is 5.80. The van der Waals surface area contributed by atoms with Crippen LogP contribution in [0.15, 0.2) is 12.4 Å². The number of amides is 2. The van der Waals surface area contributed by atoms with Gasteiger partial charge in [0.2, 0.25) is 11.8 Å². The molecule has 0 radical (unpaired) electrons. The van der Waals surface area contributed by atoms with Crippen molar-refractivity contribution >= 4 is 11.8 Å². The highest BCUT2D eigenvalue weighted by Gasteiger charge is 2.32. The average molecular weight is 374 g/mol. The lowest BCUT2D eigenvalue weighted by Crippen LogP contribution is -2.54. The second-order valence-electron chi connectivity index (χ2n) is 8.26. The van der Waals surface area contributed by atoms with Gasteiger partial charge in [0, 0.05) is 70.0 Å². The third-order valence-corrected chi connectivity index (χ3v) is 6.46. The highest BCUT2D eigenvalue weighted by atomic mass is 16.2. The SMILES string of the molecule is CC1CCCCN1C(=O)CN1CCN(C(=O)C2CCn3ccnc3C2)CC1. The average Bonchev–Trinajstić information content (AvgIpc) is 3.16. The number of hydrogen-bond acceptors (Lipinski definition) is 4. The van der Waals surface area contributed by atoms with E-state index in [9.17, 15) is 9.59 Å². The van der Waals surface area contributed by atoms with Crippen LogP contribution in [0.4, 0.5) is 0 Å². The molecule has 0 aromatic carbocycles. The van der Waals surface area contributed by atoms with Crippen molar-refractivity contribution in [2.75, 3.05) is 39.3 Å². The van der Waals surface area contributed by atoms with Crippen molar-refractivity contribution < 1.29 is 9.59 Å². The van der Waals surface area contributed by atoms with E-state index < -0.39 is 0 Å². The van der Waals surface area contributed by atoms with Gasteiger partial charge in [0.25, 0.3) is 0 Å². The number of rotatable bonds is 3. The Kier molecular flexibility index (Phi) is 5.48. The summed E-state index contributed by atoms with van der Waals surface area (Å²) in [7, 11) is 0. The monoisotopic (exact) mass is 373 g/mol. The van der Waals surface area contributed by atoms with Crippen LogP contribution >= 0.6 is 0 Å². The number of aryl methyl sites for hydroxylation is 1. The molecule has 2 amide bonds. The first kappa shape index (κ1) is 18.5. The van der Waals surface area contributed by atoms with Crippen LogP contribution in [0, 0.1) is 5.92 Å². The summed E-state index contributed by atoms with van der Waals surface area (Å²) in [5, 5.41) is 0. The van der Waals surface area contributed by atoms with Gasteiger partial charge in [0.05, 0.1) is 6.54 Å². The lowest BCUT2D eigenvalue weighted by molar-refractivity contribution is -0.139. The van der Waals surface area contributed by atoms with Crippen molar-refractivity contribution in [3.63, 3.8) is 0 Å². The minimum atomic E-state index is 0.0577. The Labute approximate surface area is 161 Å². The number of nitrogens with zero attached hydrogens (tertiary/aromatic N) is 5. The zero-order chi connectivity index (χ0) is 18.8. The number of likely N-dealkylation sites (tertiary alicyclic amines) is 1. The van der Waals surface area contributed by atoms with Gasteiger partial charge in [-0.25, -0.2) is 4.98 Å². The molecule has 4 heterocycles. The first-order valence-electron chi connectivity index (χ1n) is 10.4. The maximum Gasteiger partial charge on any atom is 0.236 e. The van der Waals surface area contributed by atoms with E-state index in [1.54, 1.807) is 0 Å². The molecule has 0 spiro atoms. The van der Waals surface area contributed by atoms with Crippen molar-refractivity contribution in [2.45, 2.75) is 51.6 Å². The molecule has 27 heavy (non-hydrogen) atoms. The van der Waals surface area contributed by atoms with Crippen molar-refractivity contribution in [3.8, 4) is 0 Å². The number of hydrogen-bond donors (Lipinski definition) is 0. The predicted molar refractivity (Wildman–Crippen MR) is 102 cm³/mol. The molecule has 2 unspecified atom stereocenters. The summed E-state index contributed by atoms with van der Waals surface area (Å²) in [6.45, 7) is 7.47. The molecule has 3 aliphatic rings. The first-order valence-corrected chi connectivity index (χ1v) is 10.4. The molecule has 7 heteroatoms. The Balaban J connectivity index is 1.25. The lowest BCUT2D eigenvalue weighted by atomic mass is 9.96. The van der Waals surface area contributed by atoms with Crippen LogP contribution in [0.3, 0.4) is 0 Å². The van der Waals surface area contributed by atoms with E-state index in [2.05, 4.69) is 21.4 Å². The molecule has 2 saturated heterocycles. The number of carbonyl (C=O) groups excluding carboxylic acids is 2. The van der Waals surface area contributed by atoms with Gasteiger partial charge in [-0.3, -0.25) is 14.5 Å². The zero-order valence-corrected chi connectivity index (χ0v) is 16.3. The minimum Gasteiger partial charge on any atom is -0.340 e. The van der Waals surface area contributed by atoms with Crippen LogP contribution < -0.4 is 0 Å². The molecule has 4 rings (SSSR count). The molecule has 1 aromatic heterocycles. The normalized spacial score (nSPS) is 26.7. The van der Waals surface area contributed by atoms with Gasteiger partial charge >= 0.3 is 0 Å². The van der Waals surface area contributed by atoms with Crippen molar-refractivity contribution in [1.82, 2.24) is 24.3 Å². The van der Waals surface area contributed by atoms with Gasteiger partial charge in [-0.1, -0.05) is 0 Å². The summed E-state index contributed by atoms with van der Waals surface area (Å²) in [4.78, 5) is 36.1. The Morgan fingerprint density at radius 3 is 2.67 bits per heavy atom. The number of aromatic nitrogens is 2. The lowest BCUT2D eigenvalue weighted by Gasteiger charge is -2.39. The van der Waals surface area contributed by atoms with Gasteiger partial charge in [-0.15, -0.1) is 0 Å². The molecular formula is C20H31N5O2. The van der Waals surface area contributed by atoms with E-state index in [0.717, 1.165) is 70.8 Å². The molecule has 0 N–H and O–H groups in total. The molecule has 2 fully saturated rings. The number of piperidine rings is 1. The van der Waals surface area contributed by atoms with Gasteiger partial charge in [-0.2, -0.15) is 0 Å². The van der Waals surface area contributed by atoms with Crippen LogP contribution in [0.25, 0.3) is 0 Å². The fraction of sp³-hybridized carbons (Fsp3) is 0.750. The van der Waals surface area contributed by atoms with E-state index in [1.807, 2.05) is 22.2 Å². The van der Waals surface area contributed by atoms with E-state index in [0.29, 0.717) is 12.6 Å². The predicted octanol–water partition coefficient (Wildman–Crippen LogP) is 0.991. The van der Waals surface area contributed by atoms with Crippen LogP contribution in [0.1, 0.15) is 38.4 Å². The number of fused-ring (bicyclic) bond motifs is 1. The largest absolute Gasteiger partial charge is 0.340 e. The van der Waals surface area contributed by atoms with Gasteiger partial charge in [0.1, 0.15) is 5.82 Å². The Hall–Kier alpha value is -1.89. The summed E-state index contributed by atoms with van der Waals surface area (Å²) in [5.74, 6) is 1.60. The summed E-state index contributed by atoms with van der Waals surface area (Å²) >= 11 is 0. The molecular weight excluding hydrogens is 342 g/mol. The van der Waals surface area contributed by atoms with Crippen molar-refractivity contribution in [3.05, 3.63) is 18.2 Å². The molecule has 0 aliphatic carbocycles. The molecule has 148 valence electrons. The van der Waals surface area contributed by atoms with Crippen LogP contribution in [-0.4, -0.2) is 81.4 Å². The maximum absolute atomic E-state index is 12.9. The molecule has 0 saturated carbocycles. The fourth-order valence-corrected chi connectivity index (χ4v) is 4.70. The summed E-state index contributed by atoms with van der Waals surface area (Å²) in [6.07, 6.45) is 8.93. The Bertz CT molecular complexity index is 680. The van der Waals surface area contributed by atoms with E-state index in [4.69, 9.17) is 0 Å². The van der Waals surface area contributed by atoms with Gasteiger partial charge in [-0.05, 0) is 32.6 Å². The second kappa shape index (κ2) is 8.00. The van der Waals surface area contributed by atoms with E-state index in [-0.39, 0.29) is 17.7 Å². The minimum absolute atomic E-state index is 0.0577. The summed E-state index contributed by atoms with van der Waals surface area (Å²) in [5.41, 5.74) is 0. The van der Waals surface area contributed by atoms with E-state index >= 15 is 0 Å². The Morgan fingerprint density at radius 1 is 1.07 bits per heavy atom. The standard InChI is InChI=1S/C20H31N5O2/c1-16-4-2-3-7-25(16)19(26)15-22-10-12-24(13-11-22)20(27)17-5-8-23-9-6-21-18(23)14-17/h6,9,16-17H,2-5,7-8,10-15H2,1H3. The van der Waals surface area contributed by atoms with Crippen LogP contribution in [0.5, 0.6) is 0 Å². The fourth-order valence-electron chi connectivity index (χ4n) is 4.70. The number of piperazine rings is 1. The topological polar surface area (TPSA) is 61.7 Å². The van der Waals surface area contributed by atoms with Gasteiger partial charge < -0.3 is 14.4 Å². The number of carbonyl (C=O) groups is 2. The number of imidazole rings is 1. The maximum atomic E-state index is 12.9. The van der Waals surface area contributed by atoms with E-state index in [1.165, 1.54) is 6.42 Å². The first-order chi connectivity index (χ1) is 13.1. The van der Waals surface area contributed by atoms with Gasteiger partial charge in [0.15, 0.2) is 0 Å².